The minimum Gasteiger partial charge on any atom is -0.340 e. The van der Waals surface area contributed by atoms with Crippen molar-refractivity contribution in [2.75, 3.05) is 18.4 Å². The molecule has 1 aliphatic rings. The SMILES string of the molecule is Cc1nc(Nc2cccc(Cl)c2)cc(C(=O)N2CCCC2)n1. The van der Waals surface area contributed by atoms with E-state index >= 15 is 0 Å². The van der Waals surface area contributed by atoms with Gasteiger partial charge in [0.2, 0.25) is 0 Å². The van der Waals surface area contributed by atoms with Crippen molar-refractivity contribution in [1.82, 2.24) is 14.9 Å². The summed E-state index contributed by atoms with van der Waals surface area (Å²) in [6, 6.07) is 9.05. The summed E-state index contributed by atoms with van der Waals surface area (Å²) >= 11 is 5.98. The number of anilines is 2. The molecule has 22 heavy (non-hydrogen) atoms. The topological polar surface area (TPSA) is 58.1 Å². The molecule has 1 aromatic carbocycles. The van der Waals surface area contributed by atoms with E-state index in [0.29, 0.717) is 22.4 Å². The molecular weight excluding hydrogens is 300 g/mol. The van der Waals surface area contributed by atoms with Gasteiger partial charge in [-0.2, -0.15) is 0 Å². The molecule has 0 radical (unpaired) electrons. The molecule has 0 unspecified atom stereocenters. The van der Waals surface area contributed by atoms with Gasteiger partial charge in [0.1, 0.15) is 17.3 Å². The Labute approximate surface area is 134 Å². The smallest absolute Gasteiger partial charge is 0.272 e. The van der Waals surface area contributed by atoms with Crippen LogP contribution in [-0.4, -0.2) is 33.9 Å². The zero-order chi connectivity index (χ0) is 15.5. The van der Waals surface area contributed by atoms with Crippen LogP contribution < -0.4 is 5.32 Å². The van der Waals surface area contributed by atoms with E-state index in [1.165, 1.54) is 0 Å². The standard InChI is InChI=1S/C16H17ClN4O/c1-11-18-14(16(22)21-7-2-3-8-21)10-15(19-11)20-13-6-4-5-12(17)9-13/h4-6,9-10H,2-3,7-8H2,1H3,(H,18,19,20). The lowest BCUT2D eigenvalue weighted by Gasteiger charge is -2.15. The molecule has 2 aromatic rings. The number of carbonyl (C=O) groups excluding carboxylic acids is 1. The first-order chi connectivity index (χ1) is 10.6. The van der Waals surface area contributed by atoms with E-state index in [2.05, 4.69) is 15.3 Å². The zero-order valence-corrected chi connectivity index (χ0v) is 13.1. The molecule has 3 rings (SSSR count). The summed E-state index contributed by atoms with van der Waals surface area (Å²) in [5, 5.41) is 3.81. The normalized spacial score (nSPS) is 14.2. The van der Waals surface area contributed by atoms with Gasteiger partial charge in [-0.3, -0.25) is 4.79 Å². The van der Waals surface area contributed by atoms with Crippen molar-refractivity contribution in [2.45, 2.75) is 19.8 Å². The molecule has 0 bridgehead atoms. The highest BCUT2D eigenvalue weighted by molar-refractivity contribution is 6.30. The van der Waals surface area contributed by atoms with Gasteiger partial charge in [0.25, 0.3) is 5.91 Å². The second-order valence-electron chi connectivity index (χ2n) is 5.32. The molecule has 0 spiro atoms. The Morgan fingerprint density at radius 2 is 2.00 bits per heavy atom. The number of likely N-dealkylation sites (tertiary alicyclic amines) is 1. The fourth-order valence-electron chi connectivity index (χ4n) is 2.54. The number of carbonyl (C=O) groups is 1. The summed E-state index contributed by atoms with van der Waals surface area (Å²) in [7, 11) is 0. The van der Waals surface area contributed by atoms with Crippen molar-refractivity contribution < 1.29 is 4.79 Å². The fraction of sp³-hybridized carbons (Fsp3) is 0.312. The summed E-state index contributed by atoms with van der Waals surface area (Å²) in [5.74, 6) is 1.13. The Bertz CT molecular complexity index is 698. The summed E-state index contributed by atoms with van der Waals surface area (Å²) in [5.41, 5.74) is 1.25. The third-order valence-corrected chi connectivity index (χ3v) is 3.78. The van der Waals surface area contributed by atoms with Crippen LogP contribution in [0.15, 0.2) is 30.3 Å². The van der Waals surface area contributed by atoms with Crippen LogP contribution in [0, 0.1) is 6.92 Å². The Morgan fingerprint density at radius 1 is 1.23 bits per heavy atom. The highest BCUT2D eigenvalue weighted by atomic mass is 35.5. The number of benzene rings is 1. The second-order valence-corrected chi connectivity index (χ2v) is 5.76. The quantitative estimate of drug-likeness (QED) is 0.942. The Balaban J connectivity index is 1.84. The second kappa shape index (κ2) is 6.32. The molecule has 0 aliphatic carbocycles. The van der Waals surface area contributed by atoms with Crippen LogP contribution in [-0.2, 0) is 0 Å². The number of nitrogens with one attached hydrogen (secondary N) is 1. The van der Waals surface area contributed by atoms with Gasteiger partial charge < -0.3 is 10.2 Å². The lowest BCUT2D eigenvalue weighted by molar-refractivity contribution is 0.0786. The van der Waals surface area contributed by atoms with Gasteiger partial charge in [-0.1, -0.05) is 17.7 Å². The first-order valence-electron chi connectivity index (χ1n) is 7.29. The largest absolute Gasteiger partial charge is 0.340 e. The number of hydrogen-bond donors (Lipinski definition) is 1. The zero-order valence-electron chi connectivity index (χ0n) is 12.3. The van der Waals surface area contributed by atoms with Crippen molar-refractivity contribution in [2.24, 2.45) is 0 Å². The average molecular weight is 317 g/mol. The molecule has 114 valence electrons. The molecule has 6 heteroatoms. The van der Waals surface area contributed by atoms with Gasteiger partial charge in [-0.05, 0) is 38.0 Å². The molecule has 1 aliphatic heterocycles. The molecule has 2 heterocycles. The average Bonchev–Trinajstić information content (AvgIpc) is 3.00. The van der Waals surface area contributed by atoms with Crippen LogP contribution in [0.4, 0.5) is 11.5 Å². The minimum absolute atomic E-state index is 0.0304. The van der Waals surface area contributed by atoms with Gasteiger partial charge in [-0.15, -0.1) is 0 Å². The molecule has 1 fully saturated rings. The summed E-state index contributed by atoms with van der Waals surface area (Å²) in [6.45, 7) is 3.39. The van der Waals surface area contributed by atoms with E-state index in [1.807, 2.05) is 17.0 Å². The van der Waals surface area contributed by atoms with Crippen molar-refractivity contribution in [3.63, 3.8) is 0 Å². The lowest BCUT2D eigenvalue weighted by Crippen LogP contribution is -2.28. The Hall–Kier alpha value is -2.14. The van der Waals surface area contributed by atoms with Crippen molar-refractivity contribution >= 4 is 29.0 Å². The monoisotopic (exact) mass is 316 g/mol. The van der Waals surface area contributed by atoms with Crippen LogP contribution in [0.5, 0.6) is 0 Å². The van der Waals surface area contributed by atoms with E-state index in [9.17, 15) is 4.79 Å². The first-order valence-corrected chi connectivity index (χ1v) is 7.67. The number of aryl methyl sites for hydroxylation is 1. The number of amides is 1. The number of rotatable bonds is 3. The van der Waals surface area contributed by atoms with Crippen molar-refractivity contribution in [3.05, 3.63) is 46.9 Å². The highest BCUT2D eigenvalue weighted by Gasteiger charge is 2.21. The van der Waals surface area contributed by atoms with Crippen LogP contribution in [0.25, 0.3) is 0 Å². The van der Waals surface area contributed by atoms with E-state index in [4.69, 9.17) is 11.6 Å². The third kappa shape index (κ3) is 3.36. The third-order valence-electron chi connectivity index (χ3n) is 3.55. The summed E-state index contributed by atoms with van der Waals surface area (Å²) in [6.07, 6.45) is 2.12. The number of hydrogen-bond acceptors (Lipinski definition) is 4. The Kier molecular flexibility index (Phi) is 4.24. The van der Waals surface area contributed by atoms with Gasteiger partial charge in [0.05, 0.1) is 0 Å². The molecule has 1 saturated heterocycles. The van der Waals surface area contributed by atoms with Gasteiger partial charge >= 0.3 is 0 Å². The Morgan fingerprint density at radius 3 is 2.73 bits per heavy atom. The van der Waals surface area contributed by atoms with Gasteiger partial charge in [0, 0.05) is 29.9 Å². The van der Waals surface area contributed by atoms with Crippen molar-refractivity contribution in [1.29, 1.82) is 0 Å². The maximum Gasteiger partial charge on any atom is 0.272 e. The van der Waals surface area contributed by atoms with Crippen LogP contribution >= 0.6 is 11.6 Å². The van der Waals surface area contributed by atoms with Gasteiger partial charge in [0.15, 0.2) is 0 Å². The number of aromatic nitrogens is 2. The van der Waals surface area contributed by atoms with E-state index in [0.717, 1.165) is 31.6 Å². The predicted molar refractivity (Wildman–Crippen MR) is 86.6 cm³/mol. The maximum atomic E-state index is 12.4. The fourth-order valence-corrected chi connectivity index (χ4v) is 2.73. The lowest BCUT2D eigenvalue weighted by atomic mass is 10.3. The van der Waals surface area contributed by atoms with Gasteiger partial charge in [-0.25, -0.2) is 9.97 Å². The summed E-state index contributed by atoms with van der Waals surface area (Å²) in [4.78, 5) is 22.9. The molecule has 5 nitrogen and oxygen atoms in total. The van der Waals surface area contributed by atoms with Crippen molar-refractivity contribution in [3.8, 4) is 0 Å². The van der Waals surface area contributed by atoms with E-state index in [-0.39, 0.29) is 5.91 Å². The molecule has 0 saturated carbocycles. The first kappa shape index (κ1) is 14.8. The maximum absolute atomic E-state index is 12.4. The molecule has 1 amide bonds. The van der Waals surface area contributed by atoms with Crippen LogP contribution in [0.2, 0.25) is 5.02 Å². The summed E-state index contributed by atoms with van der Waals surface area (Å²) < 4.78 is 0. The molecule has 1 N–H and O–H groups in total. The van der Waals surface area contributed by atoms with Crippen LogP contribution in [0.1, 0.15) is 29.2 Å². The molecule has 0 atom stereocenters. The highest BCUT2D eigenvalue weighted by Crippen LogP contribution is 2.20. The predicted octanol–water partition coefficient (Wildman–Crippen LogP) is 3.42. The van der Waals surface area contributed by atoms with E-state index < -0.39 is 0 Å². The van der Waals surface area contributed by atoms with Crippen LogP contribution in [0.3, 0.4) is 0 Å². The minimum atomic E-state index is -0.0304. The van der Waals surface area contributed by atoms with E-state index in [1.54, 1.807) is 25.1 Å². The molecule has 1 aromatic heterocycles. The number of halogens is 1. The molecular formula is C16H17ClN4O. The number of nitrogens with zero attached hydrogens (tertiary/aromatic N) is 3.